The van der Waals surface area contributed by atoms with Crippen LogP contribution >= 0.6 is 0 Å². The molecule has 0 aliphatic heterocycles. The highest BCUT2D eigenvalue weighted by Crippen LogP contribution is 2.57. The van der Waals surface area contributed by atoms with Crippen LogP contribution in [0.1, 0.15) is 98.6 Å². The molecule has 0 radical (unpaired) electrons. The van der Waals surface area contributed by atoms with Crippen molar-refractivity contribution in [1.82, 2.24) is 0 Å². The van der Waals surface area contributed by atoms with Gasteiger partial charge >= 0.3 is 11.9 Å². The summed E-state index contributed by atoms with van der Waals surface area (Å²) in [5.74, 6) is 0.208. The van der Waals surface area contributed by atoms with E-state index in [9.17, 15) is 9.59 Å². The molecule has 55 heavy (non-hydrogen) atoms. The molecule has 7 rings (SSSR count). The summed E-state index contributed by atoms with van der Waals surface area (Å²) in [7, 11) is 0. The predicted octanol–water partition coefficient (Wildman–Crippen LogP) is 10.7. The van der Waals surface area contributed by atoms with Gasteiger partial charge < -0.3 is 20.9 Å². The van der Waals surface area contributed by atoms with Gasteiger partial charge in [-0.25, -0.2) is 9.59 Å². The average Bonchev–Trinajstić information content (AvgIpc) is 3.41. The van der Waals surface area contributed by atoms with E-state index in [4.69, 9.17) is 20.9 Å². The summed E-state index contributed by atoms with van der Waals surface area (Å²) in [4.78, 5) is 28.3. The lowest BCUT2D eigenvalue weighted by Gasteiger charge is -2.35. The molecule has 0 heterocycles. The van der Waals surface area contributed by atoms with E-state index >= 15 is 0 Å². The highest BCUT2D eigenvalue weighted by molar-refractivity contribution is 5.98. The number of hydrogen-bond donors (Lipinski definition) is 2. The first kappa shape index (κ1) is 37.2. The minimum atomic E-state index is -0.991. The molecule has 0 amide bonds. The molecule has 0 fully saturated rings. The SMILES string of the molecule is Cc1cc(C)c(OC(=O)c2ccc3c(c2)C(c2cc(C)c(N)c(C)c2)(c2cc(C)c(N)c(C)c2)c2cc(C(=O)Oc4c(C)cc(C)cc4C)ccc2-3)c(C)c1. The van der Waals surface area contributed by atoms with Crippen LogP contribution < -0.4 is 20.9 Å². The molecule has 6 aromatic carbocycles. The largest absolute Gasteiger partial charge is 0.422 e. The van der Waals surface area contributed by atoms with Gasteiger partial charge in [0.25, 0.3) is 0 Å². The van der Waals surface area contributed by atoms with Crippen molar-refractivity contribution in [2.45, 2.75) is 74.7 Å². The number of benzene rings is 6. The second-order valence-corrected chi connectivity index (χ2v) is 15.6. The second kappa shape index (κ2) is 13.6. The molecule has 0 saturated carbocycles. The van der Waals surface area contributed by atoms with Gasteiger partial charge in [0.15, 0.2) is 0 Å². The van der Waals surface area contributed by atoms with Gasteiger partial charge in [-0.3, -0.25) is 0 Å². The van der Waals surface area contributed by atoms with E-state index < -0.39 is 17.4 Å². The molecule has 278 valence electrons. The van der Waals surface area contributed by atoms with Gasteiger partial charge in [0.05, 0.1) is 16.5 Å². The number of nitrogens with two attached hydrogens (primary N) is 2. The Morgan fingerprint density at radius 1 is 0.436 bits per heavy atom. The fourth-order valence-electron chi connectivity index (χ4n) is 8.71. The van der Waals surface area contributed by atoms with E-state index in [-0.39, 0.29) is 0 Å². The Hall–Kier alpha value is -6.14. The van der Waals surface area contributed by atoms with Crippen molar-refractivity contribution < 1.29 is 19.1 Å². The number of anilines is 2. The van der Waals surface area contributed by atoms with Crippen LogP contribution in [0.25, 0.3) is 11.1 Å². The summed E-state index contributed by atoms with van der Waals surface area (Å²) < 4.78 is 12.3. The van der Waals surface area contributed by atoms with Crippen molar-refractivity contribution in [2.75, 3.05) is 11.5 Å². The van der Waals surface area contributed by atoms with Gasteiger partial charge in [0.1, 0.15) is 11.5 Å². The van der Waals surface area contributed by atoms with Crippen molar-refractivity contribution in [3.05, 3.63) is 174 Å². The summed E-state index contributed by atoms with van der Waals surface area (Å²) in [6, 6.07) is 28.1. The van der Waals surface area contributed by atoms with Crippen molar-refractivity contribution in [3.8, 4) is 22.6 Å². The number of hydrogen-bond acceptors (Lipinski definition) is 6. The third-order valence-electron chi connectivity index (χ3n) is 11.3. The minimum Gasteiger partial charge on any atom is -0.422 e. The van der Waals surface area contributed by atoms with Crippen LogP contribution in [0, 0.1) is 69.2 Å². The molecule has 0 bridgehead atoms. The zero-order valence-corrected chi connectivity index (χ0v) is 33.4. The standard InChI is InChI=1S/C49H48N2O4/c1-25-15-31(7)45(32(8)16-25)54-47(52)35-11-13-39-40-14-12-36(48(53)55-46-33(9)17-26(2)18-34(46)10)24-42(40)49(41(39)23-35,37-19-27(3)43(50)28(4)20-37)38-21-29(5)44(51)30(6)22-38/h11-24H,50-51H2,1-10H3. The van der Waals surface area contributed by atoms with Crippen LogP contribution in [0.5, 0.6) is 11.5 Å². The Morgan fingerprint density at radius 3 is 1.05 bits per heavy atom. The number of carbonyl (C=O) groups excluding carboxylic acids is 2. The van der Waals surface area contributed by atoms with Crippen molar-refractivity contribution in [1.29, 1.82) is 0 Å². The van der Waals surface area contributed by atoms with Gasteiger partial charge in [0.2, 0.25) is 0 Å². The zero-order valence-electron chi connectivity index (χ0n) is 33.4. The molecule has 4 N–H and O–H groups in total. The maximum absolute atomic E-state index is 14.1. The quantitative estimate of drug-likeness (QED) is 0.100. The Labute approximate surface area is 324 Å². The lowest BCUT2D eigenvalue weighted by atomic mass is 9.66. The van der Waals surface area contributed by atoms with Crippen LogP contribution in [0.15, 0.2) is 84.9 Å². The first-order valence-electron chi connectivity index (χ1n) is 18.6. The first-order valence-corrected chi connectivity index (χ1v) is 18.6. The third kappa shape index (κ3) is 6.16. The Kier molecular flexibility index (Phi) is 9.20. The molecule has 0 spiro atoms. The summed E-state index contributed by atoms with van der Waals surface area (Å²) in [5, 5.41) is 0. The summed E-state index contributed by atoms with van der Waals surface area (Å²) >= 11 is 0. The van der Waals surface area contributed by atoms with E-state index in [0.29, 0.717) is 34.0 Å². The van der Waals surface area contributed by atoms with Crippen molar-refractivity contribution in [3.63, 3.8) is 0 Å². The average molecular weight is 729 g/mol. The van der Waals surface area contributed by atoms with Gasteiger partial charge in [0, 0.05) is 11.4 Å². The van der Waals surface area contributed by atoms with E-state index in [1.54, 1.807) is 0 Å². The molecule has 6 nitrogen and oxygen atoms in total. The fourth-order valence-corrected chi connectivity index (χ4v) is 8.71. The van der Waals surface area contributed by atoms with Gasteiger partial charge in [-0.2, -0.15) is 0 Å². The normalized spacial score (nSPS) is 12.6. The monoisotopic (exact) mass is 728 g/mol. The summed E-state index contributed by atoms with van der Waals surface area (Å²) in [6.07, 6.45) is 0. The van der Waals surface area contributed by atoms with E-state index in [1.165, 1.54) is 0 Å². The molecule has 6 aromatic rings. The predicted molar refractivity (Wildman–Crippen MR) is 223 cm³/mol. The van der Waals surface area contributed by atoms with Gasteiger partial charge in [-0.05, 0) is 171 Å². The molecule has 0 unspecified atom stereocenters. The van der Waals surface area contributed by atoms with Gasteiger partial charge in [-0.15, -0.1) is 0 Å². The van der Waals surface area contributed by atoms with Crippen LogP contribution in [-0.4, -0.2) is 11.9 Å². The van der Waals surface area contributed by atoms with Crippen LogP contribution in [0.2, 0.25) is 0 Å². The number of fused-ring (bicyclic) bond motifs is 3. The number of ether oxygens (including phenoxy) is 2. The highest BCUT2D eigenvalue weighted by atomic mass is 16.5. The molecule has 0 atom stereocenters. The molecule has 1 aliphatic carbocycles. The van der Waals surface area contributed by atoms with E-state index in [2.05, 4.69) is 24.3 Å². The van der Waals surface area contributed by atoms with E-state index in [0.717, 1.165) is 89.0 Å². The number of esters is 2. The Balaban J connectivity index is 1.50. The topological polar surface area (TPSA) is 105 Å². The number of aryl methyl sites for hydroxylation is 10. The summed E-state index contributed by atoms with van der Waals surface area (Å²) in [6.45, 7) is 19.9. The van der Waals surface area contributed by atoms with Crippen molar-refractivity contribution >= 4 is 23.3 Å². The number of rotatable bonds is 6. The fraction of sp³-hybridized carbons (Fsp3) is 0.224. The minimum absolute atomic E-state index is 0.410. The van der Waals surface area contributed by atoms with Crippen molar-refractivity contribution in [2.24, 2.45) is 0 Å². The third-order valence-corrected chi connectivity index (χ3v) is 11.3. The highest BCUT2D eigenvalue weighted by Gasteiger charge is 2.47. The maximum Gasteiger partial charge on any atom is 0.343 e. The van der Waals surface area contributed by atoms with Crippen LogP contribution in [0.4, 0.5) is 11.4 Å². The van der Waals surface area contributed by atoms with Gasteiger partial charge in [-0.1, -0.05) is 71.8 Å². The maximum atomic E-state index is 14.1. The number of carbonyl (C=O) groups is 2. The van der Waals surface area contributed by atoms with Crippen LogP contribution in [-0.2, 0) is 5.41 Å². The molecular weight excluding hydrogens is 681 g/mol. The van der Waals surface area contributed by atoms with E-state index in [1.807, 2.05) is 130 Å². The van der Waals surface area contributed by atoms with Crippen LogP contribution in [0.3, 0.4) is 0 Å². The summed E-state index contributed by atoms with van der Waals surface area (Å²) in [5.41, 5.74) is 29.5. The molecule has 1 aliphatic rings. The Morgan fingerprint density at radius 2 is 0.745 bits per heavy atom. The molecular formula is C49H48N2O4. The Bertz CT molecular complexity index is 2340. The lowest BCUT2D eigenvalue weighted by Crippen LogP contribution is -2.30. The molecule has 0 aromatic heterocycles. The first-order chi connectivity index (χ1) is 26.0. The number of nitrogen functional groups attached to an aromatic ring is 2. The molecule has 6 heteroatoms. The second-order valence-electron chi connectivity index (χ2n) is 15.6. The lowest BCUT2D eigenvalue weighted by molar-refractivity contribution is 0.0723. The smallest absolute Gasteiger partial charge is 0.343 e. The zero-order chi connectivity index (χ0) is 39.7. The molecule has 0 saturated heterocycles.